The van der Waals surface area contributed by atoms with Crippen LogP contribution in [0.5, 0.6) is 5.75 Å². The van der Waals surface area contributed by atoms with Crippen LogP contribution in [0.3, 0.4) is 0 Å². The van der Waals surface area contributed by atoms with E-state index in [0.29, 0.717) is 23.7 Å². The number of hydrogen-bond acceptors (Lipinski definition) is 4. The summed E-state index contributed by atoms with van der Waals surface area (Å²) in [5, 5.41) is 2.79. The molecule has 0 radical (unpaired) electrons. The smallest absolute Gasteiger partial charge is 0.247 e. The van der Waals surface area contributed by atoms with Gasteiger partial charge in [0.1, 0.15) is 11.8 Å². The van der Waals surface area contributed by atoms with E-state index in [4.69, 9.17) is 4.74 Å². The van der Waals surface area contributed by atoms with Crippen molar-refractivity contribution < 1.29 is 17.9 Å². The molecule has 0 saturated heterocycles. The van der Waals surface area contributed by atoms with E-state index in [1.165, 1.54) is 0 Å². The Hall–Kier alpha value is -2.54. The maximum atomic E-state index is 12.7. The third-order valence-corrected chi connectivity index (χ3v) is 5.51. The van der Waals surface area contributed by atoms with Crippen molar-refractivity contribution >= 4 is 27.3 Å². The Morgan fingerprint density at radius 3 is 2.26 bits per heavy atom. The predicted molar refractivity (Wildman–Crippen MR) is 109 cm³/mol. The maximum absolute atomic E-state index is 12.7. The molecule has 2 rings (SSSR count). The van der Waals surface area contributed by atoms with Gasteiger partial charge in [0.05, 0.1) is 18.6 Å². The first-order valence-electron chi connectivity index (χ1n) is 8.74. The summed E-state index contributed by atoms with van der Waals surface area (Å²) < 4.78 is 31.2. The summed E-state index contributed by atoms with van der Waals surface area (Å²) in [6.07, 6.45) is 1.09. The molecule has 2 aromatic carbocycles. The Morgan fingerprint density at radius 1 is 1.11 bits per heavy atom. The third-order valence-electron chi connectivity index (χ3n) is 4.27. The van der Waals surface area contributed by atoms with Gasteiger partial charge in [-0.25, -0.2) is 8.42 Å². The van der Waals surface area contributed by atoms with Crippen LogP contribution in [-0.4, -0.2) is 33.2 Å². The highest BCUT2D eigenvalue weighted by Gasteiger charge is 2.29. The molecular weight excluding hydrogens is 364 g/mol. The van der Waals surface area contributed by atoms with E-state index in [0.717, 1.165) is 21.7 Å². The number of nitrogens with one attached hydrogen (secondary N) is 1. The van der Waals surface area contributed by atoms with Crippen LogP contribution >= 0.6 is 0 Å². The van der Waals surface area contributed by atoms with Gasteiger partial charge in [0, 0.05) is 5.69 Å². The number of amides is 1. The van der Waals surface area contributed by atoms with Crippen LogP contribution in [0.1, 0.15) is 25.0 Å². The molecule has 6 nitrogen and oxygen atoms in total. The van der Waals surface area contributed by atoms with Gasteiger partial charge in [-0.1, -0.05) is 6.07 Å². The Kier molecular flexibility index (Phi) is 6.49. The first-order valence-corrected chi connectivity index (χ1v) is 10.6. The van der Waals surface area contributed by atoms with E-state index in [-0.39, 0.29) is 0 Å². The molecule has 0 aliphatic rings. The first-order chi connectivity index (χ1) is 12.6. The summed E-state index contributed by atoms with van der Waals surface area (Å²) in [6, 6.07) is 11.3. The van der Waals surface area contributed by atoms with Crippen LogP contribution in [0, 0.1) is 13.8 Å². The highest BCUT2D eigenvalue weighted by atomic mass is 32.2. The van der Waals surface area contributed by atoms with Crippen LogP contribution in [0.4, 0.5) is 11.4 Å². The van der Waals surface area contributed by atoms with E-state index < -0.39 is 22.0 Å². The molecule has 0 heterocycles. The summed E-state index contributed by atoms with van der Waals surface area (Å²) in [5.41, 5.74) is 3.21. The molecule has 0 aliphatic heterocycles. The lowest BCUT2D eigenvalue weighted by Gasteiger charge is -2.28. The van der Waals surface area contributed by atoms with Crippen LogP contribution < -0.4 is 14.4 Å². The van der Waals surface area contributed by atoms with Gasteiger partial charge in [0.2, 0.25) is 15.9 Å². The number of sulfonamides is 1. The molecule has 7 heteroatoms. The zero-order valence-electron chi connectivity index (χ0n) is 16.3. The van der Waals surface area contributed by atoms with E-state index in [1.54, 1.807) is 37.3 Å². The summed E-state index contributed by atoms with van der Waals surface area (Å²) in [6.45, 7) is 7.89. The maximum Gasteiger partial charge on any atom is 0.247 e. The average molecular weight is 391 g/mol. The number of nitrogens with zero attached hydrogens (tertiary/aromatic N) is 1. The second kappa shape index (κ2) is 8.43. The van der Waals surface area contributed by atoms with Crippen molar-refractivity contribution in [1.29, 1.82) is 0 Å². The number of carbonyl (C=O) groups excluding carboxylic acids is 1. The number of carbonyl (C=O) groups is 1. The average Bonchev–Trinajstić information content (AvgIpc) is 2.59. The van der Waals surface area contributed by atoms with Gasteiger partial charge in [-0.15, -0.1) is 0 Å². The van der Waals surface area contributed by atoms with Gasteiger partial charge in [-0.2, -0.15) is 0 Å². The van der Waals surface area contributed by atoms with E-state index in [9.17, 15) is 13.2 Å². The number of anilines is 2. The van der Waals surface area contributed by atoms with Crippen molar-refractivity contribution in [2.45, 2.75) is 33.7 Å². The fourth-order valence-electron chi connectivity index (χ4n) is 2.73. The predicted octanol–water partition coefficient (Wildman–Crippen LogP) is 3.50. The van der Waals surface area contributed by atoms with Crippen LogP contribution in [0.15, 0.2) is 42.5 Å². The lowest BCUT2D eigenvalue weighted by atomic mass is 10.1. The lowest BCUT2D eigenvalue weighted by Crippen LogP contribution is -2.45. The van der Waals surface area contributed by atoms with Crippen molar-refractivity contribution in [2.24, 2.45) is 0 Å². The molecule has 1 N–H and O–H groups in total. The highest BCUT2D eigenvalue weighted by molar-refractivity contribution is 7.92. The minimum atomic E-state index is -3.66. The fraction of sp³-hybridized carbons (Fsp3) is 0.350. The van der Waals surface area contributed by atoms with E-state index >= 15 is 0 Å². The molecule has 0 saturated carbocycles. The number of benzene rings is 2. The topological polar surface area (TPSA) is 75.7 Å². The summed E-state index contributed by atoms with van der Waals surface area (Å²) >= 11 is 0. The standard InChI is InChI=1S/C20H26N2O4S/c1-6-26-19-11-9-18(10-12-19)22(27(5,24)25)16(4)20(23)21-17-8-7-14(2)15(3)13-17/h7-13,16H,6H2,1-5H3,(H,21,23)/t16-/m0/s1. The monoisotopic (exact) mass is 390 g/mol. The zero-order valence-corrected chi connectivity index (χ0v) is 17.1. The SMILES string of the molecule is CCOc1ccc(N([C@@H](C)C(=O)Nc2ccc(C)c(C)c2)S(C)(=O)=O)cc1. The molecule has 0 unspecified atom stereocenters. The number of rotatable bonds is 7. The van der Waals surface area contributed by atoms with Gasteiger partial charge < -0.3 is 10.1 Å². The number of aryl methyl sites for hydroxylation is 2. The Labute approximate surface area is 161 Å². The fourth-order valence-corrected chi connectivity index (χ4v) is 3.91. The molecule has 146 valence electrons. The van der Waals surface area contributed by atoms with E-state index in [1.807, 2.05) is 32.9 Å². The molecular formula is C20H26N2O4S. The molecule has 1 atom stereocenters. The minimum absolute atomic E-state index is 0.405. The Balaban J connectivity index is 2.27. The highest BCUT2D eigenvalue weighted by Crippen LogP contribution is 2.25. The van der Waals surface area contributed by atoms with Crippen LogP contribution in [0.2, 0.25) is 0 Å². The van der Waals surface area contributed by atoms with Crippen molar-refractivity contribution in [2.75, 3.05) is 22.5 Å². The van der Waals surface area contributed by atoms with Crippen molar-refractivity contribution in [1.82, 2.24) is 0 Å². The minimum Gasteiger partial charge on any atom is -0.494 e. The van der Waals surface area contributed by atoms with Crippen LogP contribution in [0.25, 0.3) is 0 Å². The van der Waals surface area contributed by atoms with Crippen molar-refractivity contribution in [3.8, 4) is 5.75 Å². The molecule has 0 aliphatic carbocycles. The summed E-state index contributed by atoms with van der Waals surface area (Å²) in [4.78, 5) is 12.7. The summed E-state index contributed by atoms with van der Waals surface area (Å²) in [7, 11) is -3.66. The second-order valence-corrected chi connectivity index (χ2v) is 8.31. The Morgan fingerprint density at radius 2 is 1.74 bits per heavy atom. The molecule has 2 aromatic rings. The van der Waals surface area contributed by atoms with E-state index in [2.05, 4.69) is 5.32 Å². The van der Waals surface area contributed by atoms with Gasteiger partial charge in [-0.3, -0.25) is 9.10 Å². The molecule has 1 amide bonds. The number of hydrogen-bond donors (Lipinski definition) is 1. The first kappa shape index (κ1) is 20.8. The summed E-state index contributed by atoms with van der Waals surface area (Å²) in [5.74, 6) is 0.236. The van der Waals surface area contributed by atoms with Gasteiger partial charge >= 0.3 is 0 Å². The molecule has 0 fully saturated rings. The Bertz CT molecular complexity index is 908. The normalized spacial score (nSPS) is 12.3. The van der Waals surface area contributed by atoms with Gasteiger partial charge in [0.15, 0.2) is 0 Å². The lowest BCUT2D eigenvalue weighted by molar-refractivity contribution is -0.116. The molecule has 0 aromatic heterocycles. The van der Waals surface area contributed by atoms with Gasteiger partial charge in [-0.05, 0) is 75.2 Å². The third kappa shape index (κ3) is 5.23. The molecule has 0 spiro atoms. The zero-order chi connectivity index (χ0) is 20.2. The van der Waals surface area contributed by atoms with Crippen LogP contribution in [-0.2, 0) is 14.8 Å². The molecule has 0 bridgehead atoms. The van der Waals surface area contributed by atoms with Gasteiger partial charge in [0.25, 0.3) is 0 Å². The van der Waals surface area contributed by atoms with Crippen molar-refractivity contribution in [3.05, 3.63) is 53.6 Å². The second-order valence-electron chi connectivity index (χ2n) is 6.45. The van der Waals surface area contributed by atoms with Crippen molar-refractivity contribution in [3.63, 3.8) is 0 Å². The largest absolute Gasteiger partial charge is 0.494 e. The number of ether oxygens (including phenoxy) is 1. The molecule has 27 heavy (non-hydrogen) atoms. The quantitative estimate of drug-likeness (QED) is 0.785.